The second-order valence-corrected chi connectivity index (χ2v) is 7.25. The number of carbonyl (C=O) groups is 1. The van der Waals surface area contributed by atoms with Crippen LogP contribution in [0.5, 0.6) is 0 Å². The highest BCUT2D eigenvalue weighted by molar-refractivity contribution is 7.89. The van der Waals surface area contributed by atoms with Crippen molar-refractivity contribution in [2.24, 2.45) is 11.1 Å². The second kappa shape index (κ2) is 5.97. The molecule has 0 atom stereocenters. The van der Waals surface area contributed by atoms with Gasteiger partial charge in [0.2, 0.25) is 10.0 Å². The van der Waals surface area contributed by atoms with Crippen LogP contribution in [0.1, 0.15) is 44.2 Å². The van der Waals surface area contributed by atoms with E-state index in [1.165, 1.54) is 12.3 Å². The molecule has 0 aliphatic rings. The van der Waals surface area contributed by atoms with Gasteiger partial charge in [0.1, 0.15) is 10.6 Å². The molecule has 2 N–H and O–H groups in total. The Labute approximate surface area is 120 Å². The smallest absolute Gasteiger partial charge is 0.270 e. The lowest BCUT2D eigenvalue weighted by atomic mass is 10.2. The standard InChI is InChI=1S/C13H23N3O3S/c1-9(2)7-15(5)13(17)12-6-11(20(14,18)19)8-16(12)10(3)4/h6,8-10H,7H2,1-5H3,(H2,14,18,19). The molecule has 0 fully saturated rings. The van der Waals surface area contributed by atoms with Gasteiger partial charge >= 0.3 is 0 Å². The van der Waals surface area contributed by atoms with Gasteiger partial charge < -0.3 is 9.47 Å². The Kier molecular flexibility index (Phi) is 4.99. The van der Waals surface area contributed by atoms with Gasteiger partial charge in [-0.25, -0.2) is 13.6 Å². The highest BCUT2D eigenvalue weighted by Crippen LogP contribution is 2.19. The van der Waals surface area contributed by atoms with Crippen molar-refractivity contribution in [2.75, 3.05) is 13.6 Å². The summed E-state index contributed by atoms with van der Waals surface area (Å²) in [5.41, 5.74) is 0.340. The predicted molar refractivity (Wildman–Crippen MR) is 78.0 cm³/mol. The van der Waals surface area contributed by atoms with Crippen molar-refractivity contribution >= 4 is 15.9 Å². The fraction of sp³-hybridized carbons (Fsp3) is 0.615. The van der Waals surface area contributed by atoms with Gasteiger partial charge in [0, 0.05) is 25.8 Å². The fourth-order valence-corrected chi connectivity index (χ4v) is 2.57. The Morgan fingerprint density at radius 3 is 2.30 bits per heavy atom. The summed E-state index contributed by atoms with van der Waals surface area (Å²) in [5, 5.41) is 5.13. The zero-order valence-electron chi connectivity index (χ0n) is 12.6. The molecule has 1 heterocycles. The van der Waals surface area contributed by atoms with E-state index in [4.69, 9.17) is 5.14 Å². The third-order valence-corrected chi connectivity index (χ3v) is 3.79. The Balaban J connectivity index is 3.23. The van der Waals surface area contributed by atoms with E-state index < -0.39 is 10.0 Å². The minimum absolute atomic E-state index is 0.0306. The summed E-state index contributed by atoms with van der Waals surface area (Å²) in [5.74, 6) is 0.131. The molecule has 0 aromatic carbocycles. The molecule has 0 aliphatic heterocycles. The van der Waals surface area contributed by atoms with E-state index in [9.17, 15) is 13.2 Å². The number of sulfonamides is 1. The van der Waals surface area contributed by atoms with E-state index in [1.807, 2.05) is 27.7 Å². The molecule has 20 heavy (non-hydrogen) atoms. The molecule has 7 heteroatoms. The van der Waals surface area contributed by atoms with Crippen LogP contribution in [0.25, 0.3) is 0 Å². The number of hydrogen-bond donors (Lipinski definition) is 1. The SMILES string of the molecule is CC(C)CN(C)C(=O)c1cc(S(N)(=O)=O)cn1C(C)C. The van der Waals surface area contributed by atoms with Crippen LogP contribution in [0.4, 0.5) is 0 Å². The van der Waals surface area contributed by atoms with Crippen LogP contribution in [-0.2, 0) is 10.0 Å². The minimum atomic E-state index is -3.81. The third kappa shape index (κ3) is 3.83. The molecule has 0 radical (unpaired) electrons. The highest BCUT2D eigenvalue weighted by Gasteiger charge is 2.22. The van der Waals surface area contributed by atoms with Gasteiger partial charge in [-0.3, -0.25) is 4.79 Å². The van der Waals surface area contributed by atoms with Gasteiger partial charge in [0.05, 0.1) is 0 Å². The quantitative estimate of drug-likeness (QED) is 0.893. The largest absolute Gasteiger partial charge is 0.340 e. The van der Waals surface area contributed by atoms with E-state index in [0.717, 1.165) is 0 Å². The minimum Gasteiger partial charge on any atom is -0.340 e. The first-order valence-electron chi connectivity index (χ1n) is 6.54. The van der Waals surface area contributed by atoms with Crippen molar-refractivity contribution in [1.29, 1.82) is 0 Å². The summed E-state index contributed by atoms with van der Waals surface area (Å²) in [6, 6.07) is 1.31. The summed E-state index contributed by atoms with van der Waals surface area (Å²) in [6.07, 6.45) is 1.41. The average molecular weight is 301 g/mol. The predicted octanol–water partition coefficient (Wildman–Crippen LogP) is 1.44. The molecule has 0 bridgehead atoms. The Bertz CT molecular complexity index is 588. The molecule has 1 amide bonds. The van der Waals surface area contributed by atoms with Crippen molar-refractivity contribution < 1.29 is 13.2 Å². The maximum atomic E-state index is 12.4. The van der Waals surface area contributed by atoms with E-state index >= 15 is 0 Å². The van der Waals surface area contributed by atoms with Crippen LogP contribution in [0.3, 0.4) is 0 Å². The van der Waals surface area contributed by atoms with Crippen LogP contribution in [-0.4, -0.2) is 37.4 Å². The monoisotopic (exact) mass is 301 g/mol. The van der Waals surface area contributed by atoms with E-state index in [-0.39, 0.29) is 16.8 Å². The lowest BCUT2D eigenvalue weighted by molar-refractivity contribution is 0.0767. The first-order valence-corrected chi connectivity index (χ1v) is 8.08. The molecule has 6 nitrogen and oxygen atoms in total. The lowest BCUT2D eigenvalue weighted by Crippen LogP contribution is -2.32. The van der Waals surface area contributed by atoms with Crippen LogP contribution < -0.4 is 5.14 Å². The molecule has 0 aliphatic carbocycles. The van der Waals surface area contributed by atoms with E-state index in [1.54, 1.807) is 16.5 Å². The van der Waals surface area contributed by atoms with Crippen LogP contribution in [0, 0.1) is 5.92 Å². The topological polar surface area (TPSA) is 85.4 Å². The van der Waals surface area contributed by atoms with Crippen LogP contribution >= 0.6 is 0 Å². The zero-order valence-corrected chi connectivity index (χ0v) is 13.4. The van der Waals surface area contributed by atoms with Gasteiger partial charge in [-0.05, 0) is 25.8 Å². The Hall–Kier alpha value is -1.34. The third-order valence-electron chi connectivity index (χ3n) is 2.91. The maximum absolute atomic E-state index is 12.4. The normalized spacial score (nSPS) is 12.2. The molecule has 0 saturated carbocycles. The molecule has 0 spiro atoms. The lowest BCUT2D eigenvalue weighted by Gasteiger charge is -2.21. The van der Waals surface area contributed by atoms with E-state index in [0.29, 0.717) is 18.2 Å². The van der Waals surface area contributed by atoms with Crippen LogP contribution in [0.2, 0.25) is 0 Å². The van der Waals surface area contributed by atoms with E-state index in [2.05, 4.69) is 0 Å². The Morgan fingerprint density at radius 1 is 1.35 bits per heavy atom. The second-order valence-electron chi connectivity index (χ2n) is 5.69. The maximum Gasteiger partial charge on any atom is 0.270 e. The summed E-state index contributed by atoms with van der Waals surface area (Å²) in [7, 11) is -2.11. The Morgan fingerprint density at radius 2 is 1.90 bits per heavy atom. The van der Waals surface area contributed by atoms with Gasteiger partial charge in [-0.1, -0.05) is 13.8 Å². The molecule has 1 rings (SSSR count). The zero-order chi connectivity index (χ0) is 15.7. The fourth-order valence-electron chi connectivity index (χ4n) is 2.03. The number of carbonyl (C=O) groups excluding carboxylic acids is 1. The first-order chi connectivity index (χ1) is 9.04. The number of primary sulfonamides is 1. The van der Waals surface area contributed by atoms with Crippen molar-refractivity contribution in [3.63, 3.8) is 0 Å². The molecule has 0 unspecified atom stereocenters. The van der Waals surface area contributed by atoms with Crippen molar-refractivity contribution in [3.8, 4) is 0 Å². The summed E-state index contributed by atoms with van der Waals surface area (Å²) < 4.78 is 24.5. The number of amides is 1. The number of nitrogens with zero attached hydrogens (tertiary/aromatic N) is 2. The summed E-state index contributed by atoms with van der Waals surface area (Å²) in [6.45, 7) is 8.40. The number of hydrogen-bond acceptors (Lipinski definition) is 3. The highest BCUT2D eigenvalue weighted by atomic mass is 32.2. The first kappa shape index (κ1) is 16.7. The molecular weight excluding hydrogens is 278 g/mol. The number of rotatable bonds is 5. The number of nitrogens with two attached hydrogens (primary N) is 1. The summed E-state index contributed by atoms with van der Waals surface area (Å²) in [4.78, 5) is 14.0. The van der Waals surface area contributed by atoms with Crippen molar-refractivity contribution in [1.82, 2.24) is 9.47 Å². The molecule has 114 valence electrons. The molecule has 0 saturated heterocycles. The molecular formula is C13H23N3O3S. The van der Waals surface area contributed by atoms with Gasteiger partial charge in [0.25, 0.3) is 5.91 Å². The number of aromatic nitrogens is 1. The van der Waals surface area contributed by atoms with Gasteiger partial charge in [0.15, 0.2) is 0 Å². The van der Waals surface area contributed by atoms with Crippen LogP contribution in [0.15, 0.2) is 17.2 Å². The summed E-state index contributed by atoms with van der Waals surface area (Å²) >= 11 is 0. The van der Waals surface area contributed by atoms with Gasteiger partial charge in [-0.15, -0.1) is 0 Å². The molecule has 1 aromatic heterocycles. The molecule has 1 aromatic rings. The van der Waals surface area contributed by atoms with Gasteiger partial charge in [-0.2, -0.15) is 0 Å². The average Bonchev–Trinajstić information content (AvgIpc) is 2.71. The van der Waals surface area contributed by atoms with Crippen molar-refractivity contribution in [2.45, 2.75) is 38.6 Å². The van der Waals surface area contributed by atoms with Crippen molar-refractivity contribution in [3.05, 3.63) is 18.0 Å².